The molecule has 0 aliphatic carbocycles. The fraction of sp³-hybridized carbons (Fsp3) is 0.625. The van der Waals surface area contributed by atoms with Crippen molar-refractivity contribution in [1.29, 1.82) is 0 Å². The van der Waals surface area contributed by atoms with Gasteiger partial charge in [0.25, 0.3) is 0 Å². The van der Waals surface area contributed by atoms with Crippen LogP contribution in [0, 0.1) is 0 Å². The van der Waals surface area contributed by atoms with Gasteiger partial charge in [0.05, 0.1) is 12.6 Å². The van der Waals surface area contributed by atoms with Gasteiger partial charge in [-0.05, 0) is 37.3 Å². The third kappa shape index (κ3) is 3.32. The summed E-state index contributed by atoms with van der Waals surface area (Å²) in [5.74, 6) is 1.02. The third-order valence-corrected chi connectivity index (χ3v) is 4.53. The number of aliphatic hydroxyl groups is 1. The Kier molecular flexibility index (Phi) is 4.77. The Labute approximate surface area is 131 Å². The SMILES string of the molecule is O=C(NCc1ccc(N2CCCC2)nc1)N1CCC[C@H]1CO. The molecule has 1 aromatic rings. The van der Waals surface area contributed by atoms with Crippen molar-refractivity contribution in [2.24, 2.45) is 0 Å². The van der Waals surface area contributed by atoms with Crippen LogP contribution >= 0.6 is 0 Å². The Balaban J connectivity index is 1.51. The van der Waals surface area contributed by atoms with Crippen molar-refractivity contribution in [2.75, 3.05) is 31.1 Å². The van der Waals surface area contributed by atoms with Crippen LogP contribution in [0.4, 0.5) is 10.6 Å². The third-order valence-electron chi connectivity index (χ3n) is 4.53. The monoisotopic (exact) mass is 304 g/mol. The Morgan fingerprint density at radius 2 is 2.09 bits per heavy atom. The molecule has 2 amide bonds. The van der Waals surface area contributed by atoms with Crippen molar-refractivity contribution in [3.05, 3.63) is 23.9 Å². The summed E-state index contributed by atoms with van der Waals surface area (Å²) >= 11 is 0. The molecule has 2 fully saturated rings. The molecule has 2 aliphatic rings. The van der Waals surface area contributed by atoms with Crippen molar-refractivity contribution in [3.8, 4) is 0 Å². The average molecular weight is 304 g/mol. The Morgan fingerprint density at radius 3 is 2.77 bits per heavy atom. The molecule has 0 spiro atoms. The molecule has 2 aliphatic heterocycles. The van der Waals surface area contributed by atoms with Crippen LogP contribution in [0.5, 0.6) is 0 Å². The van der Waals surface area contributed by atoms with E-state index in [0.717, 1.165) is 43.9 Å². The number of hydrogen-bond donors (Lipinski definition) is 2. The molecular weight excluding hydrogens is 280 g/mol. The predicted molar refractivity (Wildman–Crippen MR) is 84.7 cm³/mol. The molecule has 22 heavy (non-hydrogen) atoms. The summed E-state index contributed by atoms with van der Waals surface area (Å²) in [4.78, 5) is 20.6. The highest BCUT2D eigenvalue weighted by atomic mass is 16.3. The highest BCUT2D eigenvalue weighted by Crippen LogP contribution is 2.18. The van der Waals surface area contributed by atoms with E-state index in [2.05, 4.69) is 15.2 Å². The van der Waals surface area contributed by atoms with E-state index in [4.69, 9.17) is 0 Å². The summed E-state index contributed by atoms with van der Waals surface area (Å²) < 4.78 is 0. The van der Waals surface area contributed by atoms with Gasteiger partial charge in [-0.25, -0.2) is 9.78 Å². The minimum atomic E-state index is -0.0971. The number of nitrogens with one attached hydrogen (secondary N) is 1. The normalized spacial score (nSPS) is 21.4. The fourth-order valence-corrected chi connectivity index (χ4v) is 3.23. The number of urea groups is 1. The van der Waals surface area contributed by atoms with E-state index in [0.29, 0.717) is 6.54 Å². The van der Waals surface area contributed by atoms with E-state index in [1.54, 1.807) is 4.90 Å². The Morgan fingerprint density at radius 1 is 1.27 bits per heavy atom. The zero-order chi connectivity index (χ0) is 15.4. The second-order valence-electron chi connectivity index (χ2n) is 6.05. The minimum Gasteiger partial charge on any atom is -0.394 e. The number of aromatic nitrogens is 1. The van der Waals surface area contributed by atoms with Gasteiger partial charge in [-0.1, -0.05) is 6.07 Å². The van der Waals surface area contributed by atoms with Gasteiger partial charge in [0, 0.05) is 32.4 Å². The Hall–Kier alpha value is -1.82. The lowest BCUT2D eigenvalue weighted by Gasteiger charge is -2.23. The molecule has 3 heterocycles. The number of nitrogens with zero attached hydrogens (tertiary/aromatic N) is 3. The van der Waals surface area contributed by atoms with Crippen LogP contribution in [0.25, 0.3) is 0 Å². The molecule has 6 nitrogen and oxygen atoms in total. The second-order valence-corrected chi connectivity index (χ2v) is 6.05. The maximum atomic E-state index is 12.1. The highest BCUT2D eigenvalue weighted by Gasteiger charge is 2.27. The zero-order valence-electron chi connectivity index (χ0n) is 12.9. The van der Waals surface area contributed by atoms with Crippen molar-refractivity contribution in [3.63, 3.8) is 0 Å². The van der Waals surface area contributed by atoms with Gasteiger partial charge in [-0.2, -0.15) is 0 Å². The van der Waals surface area contributed by atoms with Gasteiger partial charge >= 0.3 is 6.03 Å². The number of hydrogen-bond acceptors (Lipinski definition) is 4. The van der Waals surface area contributed by atoms with Gasteiger partial charge in [0.1, 0.15) is 5.82 Å². The van der Waals surface area contributed by atoms with E-state index in [-0.39, 0.29) is 18.7 Å². The van der Waals surface area contributed by atoms with E-state index in [1.165, 1.54) is 12.8 Å². The van der Waals surface area contributed by atoms with Crippen LogP contribution in [-0.4, -0.2) is 53.3 Å². The number of carbonyl (C=O) groups is 1. The van der Waals surface area contributed by atoms with Crippen molar-refractivity contribution in [2.45, 2.75) is 38.3 Å². The maximum Gasteiger partial charge on any atom is 0.317 e. The van der Waals surface area contributed by atoms with Crippen LogP contribution in [0.2, 0.25) is 0 Å². The van der Waals surface area contributed by atoms with Crippen molar-refractivity contribution >= 4 is 11.8 Å². The largest absolute Gasteiger partial charge is 0.394 e. The molecule has 2 saturated heterocycles. The first kappa shape index (κ1) is 15.1. The molecule has 1 atom stereocenters. The number of pyridine rings is 1. The van der Waals surface area contributed by atoms with Crippen molar-refractivity contribution < 1.29 is 9.90 Å². The summed E-state index contributed by atoms with van der Waals surface area (Å²) in [6.45, 7) is 3.41. The molecule has 120 valence electrons. The zero-order valence-corrected chi connectivity index (χ0v) is 12.9. The first-order valence-corrected chi connectivity index (χ1v) is 8.13. The summed E-state index contributed by atoms with van der Waals surface area (Å²) in [6.07, 6.45) is 6.16. The van der Waals surface area contributed by atoms with E-state index < -0.39 is 0 Å². The van der Waals surface area contributed by atoms with Crippen LogP contribution in [0.3, 0.4) is 0 Å². The number of anilines is 1. The molecule has 0 unspecified atom stereocenters. The average Bonchev–Trinajstić information content (AvgIpc) is 3.24. The molecule has 2 N–H and O–H groups in total. The lowest BCUT2D eigenvalue weighted by Crippen LogP contribution is -2.43. The molecule has 0 aromatic carbocycles. The van der Waals surface area contributed by atoms with Crippen LogP contribution in [0.1, 0.15) is 31.2 Å². The van der Waals surface area contributed by atoms with Gasteiger partial charge in [0.2, 0.25) is 0 Å². The highest BCUT2D eigenvalue weighted by molar-refractivity contribution is 5.74. The topological polar surface area (TPSA) is 68.7 Å². The fourth-order valence-electron chi connectivity index (χ4n) is 3.23. The van der Waals surface area contributed by atoms with Crippen LogP contribution in [-0.2, 0) is 6.54 Å². The van der Waals surface area contributed by atoms with E-state index in [1.807, 2.05) is 18.3 Å². The lowest BCUT2D eigenvalue weighted by atomic mass is 10.2. The number of rotatable bonds is 4. The molecular formula is C16H24N4O2. The van der Waals surface area contributed by atoms with Gasteiger partial charge in [-0.15, -0.1) is 0 Å². The summed E-state index contributed by atoms with van der Waals surface area (Å²) in [6, 6.07) is 3.92. The quantitative estimate of drug-likeness (QED) is 0.881. The first-order chi connectivity index (χ1) is 10.8. The summed E-state index contributed by atoms with van der Waals surface area (Å²) in [7, 11) is 0. The van der Waals surface area contributed by atoms with Gasteiger partial charge in [0.15, 0.2) is 0 Å². The molecule has 0 bridgehead atoms. The van der Waals surface area contributed by atoms with Crippen molar-refractivity contribution in [1.82, 2.24) is 15.2 Å². The number of likely N-dealkylation sites (tertiary alicyclic amines) is 1. The smallest absolute Gasteiger partial charge is 0.317 e. The molecule has 6 heteroatoms. The van der Waals surface area contributed by atoms with Gasteiger partial charge < -0.3 is 20.2 Å². The molecule has 3 rings (SSSR count). The lowest BCUT2D eigenvalue weighted by molar-refractivity contribution is 0.157. The number of aliphatic hydroxyl groups excluding tert-OH is 1. The molecule has 0 radical (unpaired) electrons. The summed E-state index contributed by atoms with van der Waals surface area (Å²) in [5.41, 5.74) is 0.996. The number of carbonyl (C=O) groups excluding carboxylic acids is 1. The van der Waals surface area contributed by atoms with Crippen LogP contribution < -0.4 is 10.2 Å². The standard InChI is InChI=1S/C16H24N4O2/c21-12-14-4-3-9-20(14)16(22)18-11-13-5-6-15(17-10-13)19-7-1-2-8-19/h5-6,10,14,21H,1-4,7-9,11-12H2,(H,18,22)/t14-/m0/s1. The molecule has 1 aromatic heterocycles. The Bertz CT molecular complexity index is 499. The van der Waals surface area contributed by atoms with Gasteiger partial charge in [-0.3, -0.25) is 0 Å². The summed E-state index contributed by atoms with van der Waals surface area (Å²) in [5, 5.41) is 12.2. The number of amides is 2. The maximum absolute atomic E-state index is 12.1. The molecule has 0 saturated carbocycles. The minimum absolute atomic E-state index is 0.0318. The predicted octanol–water partition coefficient (Wildman–Crippen LogP) is 1.35. The van der Waals surface area contributed by atoms with Crippen LogP contribution in [0.15, 0.2) is 18.3 Å². The van der Waals surface area contributed by atoms with E-state index in [9.17, 15) is 9.90 Å². The second kappa shape index (κ2) is 6.96. The van der Waals surface area contributed by atoms with E-state index >= 15 is 0 Å². The first-order valence-electron chi connectivity index (χ1n) is 8.13.